The largest absolute Gasteiger partial charge is 0.240 e. The van der Waals surface area contributed by atoms with Crippen molar-refractivity contribution in [3.63, 3.8) is 0 Å². The number of rotatable bonds is 4. The molecule has 0 amide bonds. The molecule has 1 atom stereocenters. The van der Waals surface area contributed by atoms with E-state index in [9.17, 15) is 8.42 Å². The molecule has 3 nitrogen and oxygen atoms in total. The molecule has 1 fully saturated rings. The van der Waals surface area contributed by atoms with Crippen LogP contribution in [0.5, 0.6) is 0 Å². The molecule has 2 rings (SSSR count). The van der Waals surface area contributed by atoms with E-state index in [4.69, 9.17) is 0 Å². The minimum absolute atomic E-state index is 0.0432. The van der Waals surface area contributed by atoms with Gasteiger partial charge in [-0.15, -0.1) is 0 Å². The van der Waals surface area contributed by atoms with Crippen LogP contribution in [0.2, 0.25) is 0 Å². The lowest BCUT2D eigenvalue weighted by molar-refractivity contribution is 0.538. The Morgan fingerprint density at radius 3 is 2.41 bits per heavy atom. The fourth-order valence-electron chi connectivity index (χ4n) is 1.89. The highest BCUT2D eigenvalue weighted by atomic mass is 32.2. The third kappa shape index (κ3) is 2.87. The van der Waals surface area contributed by atoms with E-state index in [2.05, 4.69) is 4.72 Å². The zero-order chi connectivity index (χ0) is 12.6. The number of hydrogen-bond acceptors (Lipinski definition) is 2. The molecule has 17 heavy (non-hydrogen) atoms. The molecule has 1 aliphatic carbocycles. The van der Waals surface area contributed by atoms with Gasteiger partial charge in [-0.2, -0.15) is 0 Å². The Morgan fingerprint density at radius 2 is 1.88 bits per heavy atom. The fraction of sp³-hybridized carbons (Fsp3) is 0.538. The summed E-state index contributed by atoms with van der Waals surface area (Å²) in [7, 11) is -3.35. The van der Waals surface area contributed by atoms with Gasteiger partial charge in [-0.05, 0) is 62.8 Å². The van der Waals surface area contributed by atoms with E-state index in [0.717, 1.165) is 24.0 Å². The van der Waals surface area contributed by atoms with Crippen molar-refractivity contribution in [3.8, 4) is 0 Å². The van der Waals surface area contributed by atoms with E-state index < -0.39 is 10.0 Å². The van der Waals surface area contributed by atoms with Crippen molar-refractivity contribution in [3.05, 3.63) is 29.3 Å². The minimum atomic E-state index is -3.35. The number of aryl methyl sites for hydroxylation is 2. The van der Waals surface area contributed by atoms with Crippen LogP contribution in [0.1, 0.15) is 30.9 Å². The predicted octanol–water partition coefficient (Wildman–Crippen LogP) is 2.38. The Labute approximate surface area is 103 Å². The number of nitrogens with one attached hydrogen (secondary N) is 1. The van der Waals surface area contributed by atoms with Gasteiger partial charge in [0.25, 0.3) is 0 Å². The molecule has 0 heterocycles. The van der Waals surface area contributed by atoms with Gasteiger partial charge in [0, 0.05) is 6.04 Å². The lowest BCUT2D eigenvalue weighted by Crippen LogP contribution is -2.34. The van der Waals surface area contributed by atoms with Crippen molar-refractivity contribution < 1.29 is 8.42 Å². The molecule has 0 bridgehead atoms. The van der Waals surface area contributed by atoms with Gasteiger partial charge in [-0.25, -0.2) is 13.1 Å². The van der Waals surface area contributed by atoms with Crippen LogP contribution in [0.3, 0.4) is 0 Å². The summed E-state index contributed by atoms with van der Waals surface area (Å²) in [5.74, 6) is 0.524. The van der Waals surface area contributed by atoms with E-state index in [1.807, 2.05) is 26.8 Å². The van der Waals surface area contributed by atoms with Crippen LogP contribution in [-0.2, 0) is 10.0 Å². The molecule has 0 saturated heterocycles. The summed E-state index contributed by atoms with van der Waals surface area (Å²) in [5.41, 5.74) is 2.12. The summed E-state index contributed by atoms with van der Waals surface area (Å²) in [6.07, 6.45) is 2.27. The number of benzene rings is 1. The normalized spacial score (nSPS) is 18.1. The SMILES string of the molecule is Cc1ccc(S(=O)(=O)N[C@H](C)C2CC2)cc1C. The fourth-order valence-corrected chi connectivity index (χ4v) is 3.28. The van der Waals surface area contributed by atoms with E-state index in [1.54, 1.807) is 12.1 Å². The maximum absolute atomic E-state index is 12.1. The molecule has 1 aliphatic rings. The summed E-state index contributed by atoms with van der Waals surface area (Å²) >= 11 is 0. The highest BCUT2D eigenvalue weighted by molar-refractivity contribution is 7.89. The maximum atomic E-state index is 12.1. The number of sulfonamides is 1. The second-order valence-corrected chi connectivity index (χ2v) is 6.71. The third-order valence-corrected chi connectivity index (χ3v) is 5.02. The van der Waals surface area contributed by atoms with Gasteiger partial charge in [0.1, 0.15) is 0 Å². The Bertz CT molecular complexity index is 518. The van der Waals surface area contributed by atoms with Crippen LogP contribution < -0.4 is 4.72 Å². The molecule has 94 valence electrons. The lowest BCUT2D eigenvalue weighted by Gasteiger charge is -2.14. The van der Waals surface area contributed by atoms with Crippen LogP contribution in [0.15, 0.2) is 23.1 Å². The van der Waals surface area contributed by atoms with Gasteiger partial charge in [0.15, 0.2) is 0 Å². The van der Waals surface area contributed by atoms with Crippen molar-refractivity contribution >= 4 is 10.0 Å². The summed E-state index contributed by atoms with van der Waals surface area (Å²) < 4.78 is 27.0. The number of hydrogen-bond donors (Lipinski definition) is 1. The standard InChI is InChI=1S/C13H19NO2S/c1-9-4-7-13(8-10(9)2)17(15,16)14-11(3)12-5-6-12/h4,7-8,11-12,14H,5-6H2,1-3H3/t11-/m1/s1. The average Bonchev–Trinajstić information content (AvgIpc) is 3.04. The summed E-state index contributed by atoms with van der Waals surface area (Å²) in [5, 5.41) is 0. The highest BCUT2D eigenvalue weighted by Gasteiger charge is 2.31. The first-order valence-electron chi connectivity index (χ1n) is 6.00. The van der Waals surface area contributed by atoms with Gasteiger partial charge in [-0.3, -0.25) is 0 Å². The second-order valence-electron chi connectivity index (χ2n) is 4.99. The van der Waals surface area contributed by atoms with Crippen molar-refractivity contribution in [2.75, 3.05) is 0 Å². The molecular weight excluding hydrogens is 234 g/mol. The molecule has 0 aliphatic heterocycles. The summed E-state index contributed by atoms with van der Waals surface area (Å²) in [6, 6.07) is 5.30. The average molecular weight is 253 g/mol. The van der Waals surface area contributed by atoms with Crippen LogP contribution >= 0.6 is 0 Å². The summed E-state index contributed by atoms with van der Waals surface area (Å²) in [6.45, 7) is 5.85. The zero-order valence-corrected chi connectivity index (χ0v) is 11.3. The van der Waals surface area contributed by atoms with Crippen LogP contribution in [0.4, 0.5) is 0 Å². The lowest BCUT2D eigenvalue weighted by atomic mass is 10.1. The van der Waals surface area contributed by atoms with Crippen molar-refractivity contribution in [1.29, 1.82) is 0 Å². The van der Waals surface area contributed by atoms with Crippen LogP contribution in [0, 0.1) is 19.8 Å². The molecule has 1 aromatic carbocycles. The van der Waals surface area contributed by atoms with E-state index >= 15 is 0 Å². The van der Waals surface area contributed by atoms with E-state index in [-0.39, 0.29) is 6.04 Å². The molecule has 1 N–H and O–H groups in total. The van der Waals surface area contributed by atoms with Gasteiger partial charge >= 0.3 is 0 Å². The minimum Gasteiger partial charge on any atom is -0.208 e. The van der Waals surface area contributed by atoms with Gasteiger partial charge in [0.05, 0.1) is 4.90 Å². The van der Waals surface area contributed by atoms with E-state index in [1.165, 1.54) is 0 Å². The molecule has 0 unspecified atom stereocenters. The smallest absolute Gasteiger partial charge is 0.208 e. The summed E-state index contributed by atoms with van der Waals surface area (Å²) in [4.78, 5) is 0.369. The monoisotopic (exact) mass is 253 g/mol. The Morgan fingerprint density at radius 1 is 1.24 bits per heavy atom. The molecule has 4 heteroatoms. The quantitative estimate of drug-likeness (QED) is 0.895. The van der Waals surface area contributed by atoms with Crippen LogP contribution in [0.25, 0.3) is 0 Å². The molecule has 0 spiro atoms. The molecule has 0 aromatic heterocycles. The Balaban J connectivity index is 2.21. The van der Waals surface area contributed by atoms with Crippen LogP contribution in [-0.4, -0.2) is 14.5 Å². The molecule has 1 saturated carbocycles. The van der Waals surface area contributed by atoms with Crippen molar-refractivity contribution in [1.82, 2.24) is 4.72 Å². The molecular formula is C13H19NO2S. The van der Waals surface area contributed by atoms with E-state index in [0.29, 0.717) is 10.8 Å². The molecule has 1 aromatic rings. The molecule has 0 radical (unpaired) electrons. The van der Waals surface area contributed by atoms with Crippen molar-refractivity contribution in [2.45, 2.75) is 44.6 Å². The Hall–Kier alpha value is -0.870. The third-order valence-electron chi connectivity index (χ3n) is 3.46. The maximum Gasteiger partial charge on any atom is 0.240 e. The highest BCUT2D eigenvalue weighted by Crippen LogP contribution is 2.33. The second kappa shape index (κ2) is 4.42. The predicted molar refractivity (Wildman–Crippen MR) is 68.4 cm³/mol. The topological polar surface area (TPSA) is 46.2 Å². The zero-order valence-electron chi connectivity index (χ0n) is 10.5. The van der Waals surface area contributed by atoms with Crippen molar-refractivity contribution in [2.24, 2.45) is 5.92 Å². The van der Waals surface area contributed by atoms with Gasteiger partial charge < -0.3 is 0 Å². The van der Waals surface area contributed by atoms with Gasteiger partial charge in [0.2, 0.25) is 10.0 Å². The first kappa shape index (κ1) is 12.6. The Kier molecular flexibility index (Phi) is 3.27. The first-order chi connectivity index (χ1) is 7.90. The van der Waals surface area contributed by atoms with Gasteiger partial charge in [-0.1, -0.05) is 6.07 Å². The first-order valence-corrected chi connectivity index (χ1v) is 7.48.